The van der Waals surface area contributed by atoms with Crippen LogP contribution in [-0.4, -0.2) is 27.3 Å². The molecule has 0 aromatic rings. The van der Waals surface area contributed by atoms with E-state index in [1.54, 1.807) is 0 Å². The number of rotatable bonds is 4. The van der Waals surface area contributed by atoms with Crippen LogP contribution in [0.15, 0.2) is 0 Å². The average Bonchev–Trinajstić information content (AvgIpc) is 1.80. The molecule has 11 heavy (non-hydrogen) atoms. The predicted molar refractivity (Wildman–Crippen MR) is 43.7 cm³/mol. The van der Waals surface area contributed by atoms with Gasteiger partial charge in [0.1, 0.15) is 0 Å². The van der Waals surface area contributed by atoms with Crippen LogP contribution in [-0.2, 0) is 4.52 Å². The second kappa shape index (κ2) is 4.30. The number of hydrogen-bond acceptors (Lipinski definition) is 5. The van der Waals surface area contributed by atoms with Crippen LogP contribution in [0.3, 0.4) is 0 Å². The van der Waals surface area contributed by atoms with Crippen LogP contribution < -0.4 is 5.73 Å². The summed E-state index contributed by atoms with van der Waals surface area (Å²) in [6.45, 7) is 3.72. The Labute approximate surface area is 66.5 Å². The van der Waals surface area contributed by atoms with E-state index in [0.717, 1.165) is 0 Å². The molecule has 5 N–H and O–H groups in total. The van der Waals surface area contributed by atoms with Gasteiger partial charge < -0.3 is 0 Å². The summed E-state index contributed by atoms with van der Waals surface area (Å²) in [6, 6.07) is -0.284. The van der Waals surface area contributed by atoms with Gasteiger partial charge in [-0.05, 0) is 0 Å². The maximum atomic E-state index is 8.42. The molecule has 0 aromatic carbocycles. The first-order valence-corrected chi connectivity index (χ1v) is 5.14. The third-order valence-electron chi connectivity index (χ3n) is 1.33. The molecule has 0 amide bonds. The Kier molecular flexibility index (Phi) is 4.39. The van der Waals surface area contributed by atoms with Crippen LogP contribution in [0.4, 0.5) is 0 Å². The van der Waals surface area contributed by atoms with Crippen LogP contribution in [0, 0.1) is 5.92 Å². The normalized spacial score (nSPS) is 17.0. The van der Waals surface area contributed by atoms with Crippen molar-refractivity contribution in [2.75, 3.05) is 6.61 Å². The van der Waals surface area contributed by atoms with Crippen molar-refractivity contribution in [2.24, 2.45) is 11.7 Å². The molecule has 0 bridgehead atoms. The molecule has 0 fully saturated rings. The van der Waals surface area contributed by atoms with Crippen molar-refractivity contribution in [3.8, 4) is 0 Å². The van der Waals surface area contributed by atoms with E-state index in [1.807, 2.05) is 13.8 Å². The Balaban J connectivity index is 3.54. The Morgan fingerprint density at radius 2 is 1.82 bits per heavy atom. The van der Waals surface area contributed by atoms with Gasteiger partial charge in [-0.3, -0.25) is 0 Å². The first-order chi connectivity index (χ1) is 4.83. The molecule has 6 heteroatoms. The Bertz CT molecular complexity index is 114. The summed E-state index contributed by atoms with van der Waals surface area (Å²) in [5.41, 5.74) is 5.49. The van der Waals surface area contributed by atoms with E-state index in [4.69, 9.17) is 20.4 Å². The van der Waals surface area contributed by atoms with E-state index in [1.165, 1.54) is 0 Å². The van der Waals surface area contributed by atoms with Crippen molar-refractivity contribution in [3.63, 3.8) is 0 Å². The zero-order valence-electron chi connectivity index (χ0n) is 6.69. The van der Waals surface area contributed by atoms with Crippen LogP contribution in [0.5, 0.6) is 0 Å². The Morgan fingerprint density at radius 3 is 2.09 bits per heavy atom. The number of hydrogen-bond donors (Lipinski definition) is 4. The fraction of sp³-hybridized carbons (Fsp3) is 1.00. The topological polar surface area (TPSA) is 95.9 Å². The van der Waals surface area contributed by atoms with Gasteiger partial charge in [0.15, 0.2) is 0 Å². The summed E-state index contributed by atoms with van der Waals surface area (Å²) in [7, 11) is -4.35. The fourth-order valence-corrected chi connectivity index (χ4v) is 0.817. The van der Waals surface area contributed by atoms with Crippen LogP contribution in [0.2, 0.25) is 0 Å². The van der Waals surface area contributed by atoms with Gasteiger partial charge in [-0.1, -0.05) is 0 Å². The summed E-state index contributed by atoms with van der Waals surface area (Å²) in [5.74, 6) is 0.186. The second-order valence-corrected chi connectivity index (χ2v) is 4.23. The summed E-state index contributed by atoms with van der Waals surface area (Å²) < 4.78 is 4.33. The van der Waals surface area contributed by atoms with E-state index in [-0.39, 0.29) is 18.6 Å². The van der Waals surface area contributed by atoms with Crippen LogP contribution in [0.1, 0.15) is 13.8 Å². The fourth-order valence-electron chi connectivity index (χ4n) is 0.400. The Hall–Kier alpha value is 0.230. The summed E-state index contributed by atoms with van der Waals surface area (Å²) >= 11 is 0. The molecule has 0 saturated heterocycles. The van der Waals surface area contributed by atoms with Crippen molar-refractivity contribution < 1.29 is 19.2 Å². The quantitative estimate of drug-likeness (QED) is 0.437. The third-order valence-corrected chi connectivity index (χ3v) is 1.88. The molecular weight excluding hydrogens is 169 g/mol. The van der Waals surface area contributed by atoms with Crippen LogP contribution in [0.25, 0.3) is 0 Å². The van der Waals surface area contributed by atoms with Crippen LogP contribution >= 0.6 is 8.17 Å². The van der Waals surface area contributed by atoms with Gasteiger partial charge in [-0.25, -0.2) is 0 Å². The van der Waals surface area contributed by atoms with Crippen molar-refractivity contribution >= 4 is 8.17 Å². The maximum absolute atomic E-state index is 8.42. The SMILES string of the molecule is CC(C)C(N)CO[PH](O)(O)O. The van der Waals surface area contributed by atoms with Gasteiger partial charge in [0.25, 0.3) is 0 Å². The monoisotopic (exact) mass is 185 g/mol. The van der Waals surface area contributed by atoms with E-state index in [0.29, 0.717) is 0 Å². The molecular formula is C5H16NO4P. The van der Waals surface area contributed by atoms with Gasteiger partial charge >= 0.3 is 65.5 Å². The molecule has 0 aromatic heterocycles. The minimum absolute atomic E-state index is 0.0343. The van der Waals surface area contributed by atoms with Crippen molar-refractivity contribution in [1.82, 2.24) is 0 Å². The zero-order chi connectivity index (χ0) is 9.07. The predicted octanol–water partition coefficient (Wildman–Crippen LogP) is -0.627. The average molecular weight is 185 g/mol. The molecule has 0 aliphatic heterocycles. The van der Waals surface area contributed by atoms with E-state index < -0.39 is 8.17 Å². The molecule has 0 rings (SSSR count). The second-order valence-electron chi connectivity index (χ2n) is 2.79. The molecule has 0 spiro atoms. The molecule has 0 radical (unpaired) electrons. The minimum atomic E-state index is -4.35. The zero-order valence-corrected chi connectivity index (χ0v) is 7.69. The molecule has 0 saturated carbocycles. The van der Waals surface area contributed by atoms with Crippen molar-refractivity contribution in [2.45, 2.75) is 19.9 Å². The van der Waals surface area contributed by atoms with E-state index in [2.05, 4.69) is 4.52 Å². The van der Waals surface area contributed by atoms with Gasteiger partial charge in [-0.15, -0.1) is 0 Å². The molecule has 1 unspecified atom stereocenters. The third kappa shape index (κ3) is 6.62. The number of nitrogens with two attached hydrogens (primary N) is 1. The molecule has 1 atom stereocenters. The molecule has 0 aliphatic carbocycles. The standard InChI is InChI=1S/C5H16NO4P/c1-4(2)5(6)3-10-11(7,8)9/h4-5,7-9,11H,3,6H2,1-2H3. The molecule has 0 aliphatic rings. The molecule has 0 heterocycles. The molecule has 5 nitrogen and oxygen atoms in total. The van der Waals surface area contributed by atoms with Crippen molar-refractivity contribution in [1.29, 1.82) is 0 Å². The summed E-state index contributed by atoms with van der Waals surface area (Å²) in [6.07, 6.45) is 0. The van der Waals surface area contributed by atoms with Gasteiger partial charge in [0.05, 0.1) is 0 Å². The van der Waals surface area contributed by atoms with Crippen molar-refractivity contribution in [3.05, 3.63) is 0 Å². The van der Waals surface area contributed by atoms with Gasteiger partial charge in [0, 0.05) is 0 Å². The van der Waals surface area contributed by atoms with E-state index in [9.17, 15) is 0 Å². The first-order valence-electron chi connectivity index (χ1n) is 3.39. The van der Waals surface area contributed by atoms with Gasteiger partial charge in [-0.2, -0.15) is 0 Å². The van der Waals surface area contributed by atoms with Gasteiger partial charge in [0.2, 0.25) is 0 Å². The Morgan fingerprint density at radius 1 is 1.36 bits per heavy atom. The molecule has 70 valence electrons. The van der Waals surface area contributed by atoms with E-state index >= 15 is 0 Å². The summed E-state index contributed by atoms with van der Waals surface area (Å²) in [4.78, 5) is 25.3. The summed E-state index contributed by atoms with van der Waals surface area (Å²) in [5, 5.41) is 0. The first kappa shape index (κ1) is 11.2.